The molecule has 0 heterocycles. The summed E-state index contributed by atoms with van der Waals surface area (Å²) in [5.41, 5.74) is 0.137. The number of benzene rings is 2. The molecular formula is C17H17ClN2O7. The van der Waals surface area contributed by atoms with E-state index in [4.69, 9.17) is 30.5 Å². The van der Waals surface area contributed by atoms with Crippen molar-refractivity contribution in [2.45, 2.75) is 0 Å². The molecule has 27 heavy (non-hydrogen) atoms. The number of methoxy groups -OCH3 is 3. The molecule has 0 aliphatic rings. The van der Waals surface area contributed by atoms with Crippen LogP contribution in [0.15, 0.2) is 30.3 Å². The molecule has 0 saturated heterocycles. The summed E-state index contributed by atoms with van der Waals surface area (Å²) in [6, 6.07) is 6.85. The van der Waals surface area contributed by atoms with Crippen molar-refractivity contribution in [3.05, 3.63) is 45.5 Å². The minimum atomic E-state index is -0.573. The van der Waals surface area contributed by atoms with Gasteiger partial charge in [0.05, 0.1) is 43.0 Å². The lowest BCUT2D eigenvalue weighted by Crippen LogP contribution is -2.20. The SMILES string of the molecule is COc1cc(OC)c(NC(=O)COc2cc([N+](=O)[O-])ccc2OC)cc1Cl. The number of anilines is 1. The molecule has 0 aliphatic carbocycles. The molecule has 0 unspecified atom stereocenters. The molecule has 2 aromatic carbocycles. The summed E-state index contributed by atoms with van der Waals surface area (Å²) in [4.78, 5) is 22.5. The molecule has 2 aromatic rings. The van der Waals surface area contributed by atoms with Crippen LogP contribution in [-0.4, -0.2) is 38.8 Å². The Balaban J connectivity index is 2.12. The van der Waals surface area contributed by atoms with Crippen molar-refractivity contribution in [3.8, 4) is 23.0 Å². The zero-order chi connectivity index (χ0) is 20.0. The van der Waals surface area contributed by atoms with Gasteiger partial charge in [-0.1, -0.05) is 11.6 Å². The predicted molar refractivity (Wildman–Crippen MR) is 98.3 cm³/mol. The average molecular weight is 397 g/mol. The highest BCUT2D eigenvalue weighted by atomic mass is 35.5. The van der Waals surface area contributed by atoms with E-state index < -0.39 is 17.4 Å². The maximum Gasteiger partial charge on any atom is 0.273 e. The summed E-state index contributed by atoms with van der Waals surface area (Å²) in [6.45, 7) is -0.412. The van der Waals surface area contributed by atoms with Crippen LogP contribution in [-0.2, 0) is 4.79 Å². The Kier molecular flexibility index (Phi) is 6.67. The zero-order valence-electron chi connectivity index (χ0n) is 14.8. The van der Waals surface area contributed by atoms with Gasteiger partial charge in [0.2, 0.25) is 0 Å². The van der Waals surface area contributed by atoms with Crippen LogP contribution in [0.3, 0.4) is 0 Å². The van der Waals surface area contributed by atoms with E-state index in [1.165, 1.54) is 51.7 Å². The third-order valence-corrected chi connectivity index (χ3v) is 3.76. The normalized spacial score (nSPS) is 10.1. The van der Waals surface area contributed by atoms with Crippen molar-refractivity contribution in [2.24, 2.45) is 0 Å². The second-order valence-corrected chi connectivity index (χ2v) is 5.52. The molecule has 0 aliphatic heterocycles. The van der Waals surface area contributed by atoms with Gasteiger partial charge in [0.25, 0.3) is 11.6 Å². The first kappa shape index (κ1) is 20.1. The summed E-state index contributed by atoms with van der Waals surface area (Å²) >= 11 is 6.06. The molecule has 0 saturated carbocycles. The number of nitro groups is 1. The fourth-order valence-electron chi connectivity index (χ4n) is 2.18. The molecule has 0 spiro atoms. The Bertz CT molecular complexity index is 857. The van der Waals surface area contributed by atoms with Crippen LogP contribution in [0, 0.1) is 10.1 Å². The maximum absolute atomic E-state index is 12.2. The van der Waals surface area contributed by atoms with Gasteiger partial charge in [-0.25, -0.2) is 0 Å². The van der Waals surface area contributed by atoms with Crippen molar-refractivity contribution in [3.63, 3.8) is 0 Å². The van der Waals surface area contributed by atoms with Crippen molar-refractivity contribution >= 4 is 28.9 Å². The van der Waals surface area contributed by atoms with E-state index in [-0.39, 0.29) is 22.2 Å². The lowest BCUT2D eigenvalue weighted by Gasteiger charge is -2.14. The predicted octanol–water partition coefficient (Wildman–Crippen LogP) is 3.29. The smallest absolute Gasteiger partial charge is 0.273 e. The molecular weight excluding hydrogens is 380 g/mol. The van der Waals surface area contributed by atoms with Crippen LogP contribution in [0.2, 0.25) is 5.02 Å². The van der Waals surface area contributed by atoms with Crippen molar-refractivity contribution in [1.29, 1.82) is 0 Å². The second-order valence-electron chi connectivity index (χ2n) is 5.12. The standard InChI is InChI=1S/C17H17ClN2O7/c1-24-13-5-4-10(20(22)23)6-16(13)27-9-17(21)19-12-7-11(18)14(25-2)8-15(12)26-3/h4-8H,9H2,1-3H3,(H,19,21). The first-order valence-corrected chi connectivity index (χ1v) is 7.94. The van der Waals surface area contributed by atoms with Gasteiger partial charge in [0, 0.05) is 12.1 Å². The third-order valence-electron chi connectivity index (χ3n) is 3.46. The molecule has 0 bridgehead atoms. The molecule has 1 N–H and O–H groups in total. The number of nitro benzene ring substituents is 1. The van der Waals surface area contributed by atoms with E-state index in [1.54, 1.807) is 0 Å². The minimum Gasteiger partial charge on any atom is -0.495 e. The number of nitrogens with one attached hydrogen (secondary N) is 1. The van der Waals surface area contributed by atoms with E-state index in [1.807, 2.05) is 0 Å². The van der Waals surface area contributed by atoms with Gasteiger partial charge in [-0.15, -0.1) is 0 Å². The minimum absolute atomic E-state index is 0.0709. The van der Waals surface area contributed by atoms with E-state index in [0.29, 0.717) is 17.2 Å². The number of non-ortho nitro benzene ring substituents is 1. The molecule has 9 nitrogen and oxygen atoms in total. The summed E-state index contributed by atoms with van der Waals surface area (Å²) in [6.07, 6.45) is 0. The lowest BCUT2D eigenvalue weighted by atomic mass is 10.2. The number of amides is 1. The Morgan fingerprint density at radius 2 is 1.70 bits per heavy atom. The topological polar surface area (TPSA) is 109 Å². The number of carbonyl (C=O) groups excluding carboxylic acids is 1. The fraction of sp³-hybridized carbons (Fsp3) is 0.235. The summed E-state index contributed by atoms with van der Waals surface area (Å²) in [7, 11) is 4.28. The molecule has 10 heteroatoms. The van der Waals surface area contributed by atoms with Crippen LogP contribution >= 0.6 is 11.6 Å². The number of hydrogen-bond acceptors (Lipinski definition) is 7. The number of hydrogen-bond donors (Lipinski definition) is 1. The van der Waals surface area contributed by atoms with E-state index in [2.05, 4.69) is 5.32 Å². The quantitative estimate of drug-likeness (QED) is 0.538. The molecule has 144 valence electrons. The monoisotopic (exact) mass is 396 g/mol. The van der Waals surface area contributed by atoms with Crippen LogP contribution in [0.25, 0.3) is 0 Å². The van der Waals surface area contributed by atoms with Crippen molar-refractivity contribution in [1.82, 2.24) is 0 Å². The van der Waals surface area contributed by atoms with Crippen LogP contribution in [0.4, 0.5) is 11.4 Å². The van der Waals surface area contributed by atoms with Crippen LogP contribution in [0.1, 0.15) is 0 Å². The maximum atomic E-state index is 12.2. The summed E-state index contributed by atoms with van der Waals surface area (Å²) in [5, 5.41) is 13.8. The number of rotatable bonds is 8. The Hall–Kier alpha value is -3.20. The van der Waals surface area contributed by atoms with E-state index >= 15 is 0 Å². The van der Waals surface area contributed by atoms with Gasteiger partial charge in [0.15, 0.2) is 18.1 Å². The van der Waals surface area contributed by atoms with Gasteiger partial charge >= 0.3 is 0 Å². The fourth-order valence-corrected chi connectivity index (χ4v) is 2.42. The largest absolute Gasteiger partial charge is 0.495 e. The number of halogens is 1. The Labute approximate surface area is 159 Å². The van der Waals surface area contributed by atoms with Gasteiger partial charge in [-0.05, 0) is 12.1 Å². The van der Waals surface area contributed by atoms with Gasteiger partial charge in [-0.3, -0.25) is 14.9 Å². The average Bonchev–Trinajstić information content (AvgIpc) is 2.66. The summed E-state index contributed by atoms with van der Waals surface area (Å²) < 4.78 is 20.7. The molecule has 0 radical (unpaired) electrons. The van der Waals surface area contributed by atoms with Crippen molar-refractivity contribution in [2.75, 3.05) is 33.3 Å². The van der Waals surface area contributed by atoms with Crippen LogP contribution < -0.4 is 24.3 Å². The molecule has 0 atom stereocenters. The lowest BCUT2D eigenvalue weighted by molar-refractivity contribution is -0.385. The highest BCUT2D eigenvalue weighted by Crippen LogP contribution is 2.36. The number of ether oxygens (including phenoxy) is 4. The van der Waals surface area contributed by atoms with Crippen LogP contribution in [0.5, 0.6) is 23.0 Å². The number of carbonyl (C=O) groups is 1. The highest BCUT2D eigenvalue weighted by Gasteiger charge is 2.16. The van der Waals surface area contributed by atoms with E-state index in [9.17, 15) is 14.9 Å². The van der Waals surface area contributed by atoms with Gasteiger partial charge in [-0.2, -0.15) is 0 Å². The summed E-state index contributed by atoms with van der Waals surface area (Å²) in [5.74, 6) is 0.546. The third kappa shape index (κ3) is 4.91. The molecule has 0 fully saturated rings. The van der Waals surface area contributed by atoms with Gasteiger partial charge in [0.1, 0.15) is 11.5 Å². The molecule has 1 amide bonds. The highest BCUT2D eigenvalue weighted by molar-refractivity contribution is 6.32. The zero-order valence-corrected chi connectivity index (χ0v) is 15.5. The molecule has 0 aromatic heterocycles. The Morgan fingerprint density at radius 1 is 1.04 bits per heavy atom. The second kappa shape index (κ2) is 8.95. The first-order chi connectivity index (χ1) is 12.9. The molecule has 2 rings (SSSR count). The number of nitrogens with zero attached hydrogens (tertiary/aromatic N) is 1. The Morgan fingerprint density at radius 3 is 2.30 bits per heavy atom. The van der Waals surface area contributed by atoms with E-state index in [0.717, 1.165) is 0 Å². The van der Waals surface area contributed by atoms with Gasteiger partial charge < -0.3 is 24.3 Å². The van der Waals surface area contributed by atoms with Crippen molar-refractivity contribution < 1.29 is 28.7 Å². The first-order valence-electron chi connectivity index (χ1n) is 7.56.